The highest BCUT2D eigenvalue weighted by atomic mass is 16.5. The van der Waals surface area contributed by atoms with Gasteiger partial charge in [0.05, 0.1) is 24.2 Å². The number of ether oxygens (including phenoxy) is 1. The fourth-order valence-corrected chi connectivity index (χ4v) is 8.09. The van der Waals surface area contributed by atoms with Crippen LogP contribution in [-0.2, 0) is 21.4 Å². The molecule has 4 atom stereocenters. The maximum atomic E-state index is 14.0. The number of hydrogen-bond acceptors (Lipinski definition) is 9. The lowest BCUT2D eigenvalue weighted by Gasteiger charge is -2.49. The number of carbonyl (C=O) groups excluding carboxylic acids is 3. The molecule has 0 aromatic heterocycles. The summed E-state index contributed by atoms with van der Waals surface area (Å²) in [5.41, 5.74) is 2.07. The zero-order valence-corrected chi connectivity index (χ0v) is 22.6. The Balaban J connectivity index is 1.75. The van der Waals surface area contributed by atoms with Crippen LogP contribution in [0.4, 0.5) is 0 Å². The lowest BCUT2D eigenvalue weighted by molar-refractivity contribution is -0.143. The number of primary amides is 1. The van der Waals surface area contributed by atoms with E-state index in [0.717, 1.165) is 18.4 Å². The van der Waals surface area contributed by atoms with Crippen LogP contribution in [-0.4, -0.2) is 55.7 Å². The van der Waals surface area contributed by atoms with Crippen LogP contribution < -0.4 is 10.5 Å². The lowest BCUT2D eigenvalue weighted by atomic mass is 9.54. The van der Waals surface area contributed by atoms with E-state index in [1.165, 1.54) is 13.2 Å². The molecule has 2 aromatic rings. The topological polar surface area (TPSA) is 188 Å². The van der Waals surface area contributed by atoms with Crippen LogP contribution in [0.25, 0.3) is 10.8 Å². The Morgan fingerprint density at radius 1 is 1.12 bits per heavy atom. The molecule has 7 N–H and O–H groups in total. The summed E-state index contributed by atoms with van der Waals surface area (Å²) in [6, 6.07) is 1.37. The highest BCUT2D eigenvalue weighted by molar-refractivity contribution is 6.33. The number of rotatable bonds is 2. The summed E-state index contributed by atoms with van der Waals surface area (Å²) in [6.07, 6.45) is 1.80. The molecule has 0 radical (unpaired) electrons. The summed E-state index contributed by atoms with van der Waals surface area (Å²) in [5, 5.41) is 56.9. The Morgan fingerprint density at radius 2 is 1.80 bits per heavy atom. The molecule has 10 nitrogen and oxygen atoms in total. The van der Waals surface area contributed by atoms with Crippen LogP contribution in [0, 0.1) is 11.3 Å². The highest BCUT2D eigenvalue weighted by Gasteiger charge is 2.64. The van der Waals surface area contributed by atoms with E-state index >= 15 is 0 Å². The minimum atomic E-state index is -2.97. The number of aliphatic hydroxyl groups excluding tert-OH is 2. The maximum Gasteiger partial charge on any atom is 0.255 e. The van der Waals surface area contributed by atoms with Gasteiger partial charge in [0.2, 0.25) is 11.6 Å². The molecule has 1 amide bonds. The third kappa shape index (κ3) is 2.73. The monoisotopic (exact) mass is 549 g/mol. The average molecular weight is 550 g/mol. The Morgan fingerprint density at radius 3 is 2.40 bits per heavy atom. The van der Waals surface area contributed by atoms with Crippen LogP contribution in [0.1, 0.15) is 73.2 Å². The Hall–Kier alpha value is -3.89. The second-order valence-electron chi connectivity index (χ2n) is 12.1. The Bertz CT molecular complexity index is 1670. The number of phenols is 2. The molecule has 0 heterocycles. The molecule has 0 fully saturated rings. The van der Waals surface area contributed by atoms with Gasteiger partial charge in [0.1, 0.15) is 28.6 Å². The summed E-state index contributed by atoms with van der Waals surface area (Å²) in [5.74, 6) is -6.99. The minimum Gasteiger partial charge on any atom is -0.511 e. The molecule has 210 valence electrons. The number of phenolic OH excluding ortho intramolecular Hbond substituents is 2. The molecule has 4 aliphatic carbocycles. The van der Waals surface area contributed by atoms with E-state index in [1.54, 1.807) is 0 Å². The number of hydrogen-bond donors (Lipinski definition) is 6. The first kappa shape index (κ1) is 26.3. The number of nitrogens with two attached hydrogens (primary N) is 1. The Labute approximate surface area is 229 Å². The normalized spacial score (nSPS) is 30.4. The number of aliphatic hydroxyl groups is 3. The van der Waals surface area contributed by atoms with Crippen molar-refractivity contribution in [1.82, 2.24) is 0 Å². The van der Waals surface area contributed by atoms with E-state index in [0.29, 0.717) is 22.3 Å². The average Bonchev–Trinajstić information content (AvgIpc) is 3.23. The van der Waals surface area contributed by atoms with Gasteiger partial charge in [0.15, 0.2) is 5.60 Å². The number of fused-ring (bicyclic) bond motifs is 4. The van der Waals surface area contributed by atoms with E-state index < -0.39 is 69.6 Å². The molecule has 6 rings (SSSR count). The molecule has 40 heavy (non-hydrogen) atoms. The van der Waals surface area contributed by atoms with Gasteiger partial charge in [-0.25, -0.2) is 0 Å². The van der Waals surface area contributed by atoms with Crippen molar-refractivity contribution in [2.24, 2.45) is 17.1 Å². The van der Waals surface area contributed by atoms with Gasteiger partial charge >= 0.3 is 0 Å². The van der Waals surface area contributed by atoms with Gasteiger partial charge in [-0.1, -0.05) is 25.5 Å². The second-order valence-corrected chi connectivity index (χ2v) is 12.1. The molecule has 0 unspecified atom stereocenters. The fourth-order valence-electron chi connectivity index (χ4n) is 8.09. The molecule has 0 saturated carbocycles. The predicted octanol–water partition coefficient (Wildman–Crippen LogP) is 2.67. The van der Waals surface area contributed by atoms with Gasteiger partial charge in [-0.3, -0.25) is 14.4 Å². The van der Waals surface area contributed by atoms with Gasteiger partial charge in [-0.05, 0) is 42.7 Å². The maximum absolute atomic E-state index is 14.0. The van der Waals surface area contributed by atoms with Crippen LogP contribution in [0.3, 0.4) is 0 Å². The first-order valence-corrected chi connectivity index (χ1v) is 13.2. The third-order valence-electron chi connectivity index (χ3n) is 10.1. The number of amides is 1. The number of carbonyl (C=O) groups is 3. The largest absolute Gasteiger partial charge is 0.511 e. The SMILES string of the molecule is COc1cc(O)c2c(O)c3c(c4c2c1[C@@]1(C4)C(C)=CCCC1(C)C)[C@H](O)[C@@H]1CC(O)=C(C(N)=O)C(=O)[C@]1(O)C3=O. The summed E-state index contributed by atoms with van der Waals surface area (Å²) < 4.78 is 5.76. The number of ketones is 2. The molecule has 2 aromatic carbocycles. The van der Waals surface area contributed by atoms with Gasteiger partial charge in [0.25, 0.3) is 5.91 Å². The highest BCUT2D eigenvalue weighted by Crippen LogP contribution is 2.66. The quantitative estimate of drug-likeness (QED) is 0.186. The van der Waals surface area contributed by atoms with Crippen molar-refractivity contribution in [2.45, 2.75) is 63.6 Å². The van der Waals surface area contributed by atoms with Crippen molar-refractivity contribution in [3.8, 4) is 17.2 Å². The van der Waals surface area contributed by atoms with E-state index in [9.17, 15) is 39.9 Å². The van der Waals surface area contributed by atoms with E-state index in [1.807, 2.05) is 6.92 Å². The van der Waals surface area contributed by atoms with Crippen molar-refractivity contribution >= 4 is 28.2 Å². The number of benzene rings is 2. The van der Waals surface area contributed by atoms with Crippen LogP contribution in [0.2, 0.25) is 0 Å². The smallest absolute Gasteiger partial charge is 0.255 e. The molecule has 4 aliphatic rings. The van der Waals surface area contributed by atoms with Gasteiger partial charge in [-0.2, -0.15) is 0 Å². The first-order chi connectivity index (χ1) is 18.7. The third-order valence-corrected chi connectivity index (χ3v) is 10.1. The second kappa shape index (κ2) is 7.86. The van der Waals surface area contributed by atoms with Crippen molar-refractivity contribution in [3.63, 3.8) is 0 Å². The van der Waals surface area contributed by atoms with Crippen LogP contribution >= 0.6 is 0 Å². The Kier molecular flexibility index (Phi) is 5.17. The molecular formula is C30H31NO9. The zero-order chi connectivity index (χ0) is 29.3. The van der Waals surface area contributed by atoms with Crippen molar-refractivity contribution in [3.05, 3.63) is 51.3 Å². The predicted molar refractivity (Wildman–Crippen MR) is 142 cm³/mol. The van der Waals surface area contributed by atoms with Crippen LogP contribution in [0.15, 0.2) is 29.0 Å². The van der Waals surface area contributed by atoms with Gasteiger partial charge in [-0.15, -0.1) is 0 Å². The van der Waals surface area contributed by atoms with Crippen molar-refractivity contribution < 1.29 is 44.7 Å². The first-order valence-electron chi connectivity index (χ1n) is 13.2. The molecule has 0 aliphatic heterocycles. The molecule has 0 saturated heterocycles. The summed E-state index contributed by atoms with van der Waals surface area (Å²) in [6.45, 7) is 6.24. The number of methoxy groups -OCH3 is 1. The zero-order valence-electron chi connectivity index (χ0n) is 22.6. The standard InChI is InChI=1S/C30H31NO9/c1-11-6-5-7-28(2,3)29(11)10-12-17-19(15(33)9-16(40-4)22(17)29)24(35)21-18(12)23(34)13-8-14(32)20(27(31)38)25(36)30(13,39)26(21)37/h6,9,13,23,32-35,39H,5,7-8,10H2,1-4H3,(H2,31,38)/t13-,23+,29+,30-/m0/s1. The van der Waals surface area contributed by atoms with Crippen molar-refractivity contribution in [1.29, 1.82) is 0 Å². The molecule has 0 bridgehead atoms. The van der Waals surface area contributed by atoms with Gasteiger partial charge < -0.3 is 36.0 Å². The number of allylic oxidation sites excluding steroid dienone is 3. The van der Waals surface area contributed by atoms with Gasteiger partial charge in [0, 0.05) is 34.8 Å². The lowest BCUT2D eigenvalue weighted by Crippen LogP contribution is -2.61. The molecular weight excluding hydrogens is 518 g/mol. The van der Waals surface area contributed by atoms with E-state index in [-0.39, 0.29) is 28.5 Å². The van der Waals surface area contributed by atoms with Crippen LogP contribution in [0.5, 0.6) is 17.2 Å². The molecule has 10 heteroatoms. The summed E-state index contributed by atoms with van der Waals surface area (Å²) in [4.78, 5) is 39.3. The van der Waals surface area contributed by atoms with E-state index in [4.69, 9.17) is 10.5 Å². The summed E-state index contributed by atoms with van der Waals surface area (Å²) in [7, 11) is 1.48. The summed E-state index contributed by atoms with van der Waals surface area (Å²) >= 11 is 0. The minimum absolute atomic E-state index is 0.0211. The fraction of sp³-hybridized carbons (Fsp3) is 0.433. The number of aromatic hydroxyl groups is 2. The van der Waals surface area contributed by atoms with Crippen molar-refractivity contribution in [2.75, 3.05) is 7.11 Å². The van der Waals surface area contributed by atoms with E-state index in [2.05, 4.69) is 19.9 Å². The molecule has 1 spiro atoms. The number of Topliss-reactive ketones (excluding diaryl/α,β-unsaturated/α-hetero) is 2.